The Labute approximate surface area is 130 Å². The molecule has 22 heavy (non-hydrogen) atoms. The molecule has 1 atom stereocenters. The van der Waals surface area contributed by atoms with Gasteiger partial charge >= 0.3 is 12.1 Å². The summed E-state index contributed by atoms with van der Waals surface area (Å²) in [5, 5.41) is 2.67. The van der Waals surface area contributed by atoms with Crippen LogP contribution in [0.25, 0.3) is 0 Å². The number of carbonyl (C=O) groups excluding carboxylic acids is 2. The van der Waals surface area contributed by atoms with Crippen LogP contribution in [0.4, 0.5) is 16.2 Å². The quantitative estimate of drug-likeness (QED) is 0.870. The molecule has 0 bridgehead atoms. The first-order chi connectivity index (χ1) is 10.3. The van der Waals surface area contributed by atoms with Gasteiger partial charge in [0.2, 0.25) is 0 Å². The third-order valence-corrected chi connectivity index (χ3v) is 3.30. The predicted octanol–water partition coefficient (Wildman–Crippen LogP) is 2.79. The predicted molar refractivity (Wildman–Crippen MR) is 84.1 cm³/mol. The normalized spacial score (nSPS) is 17.8. The number of anilines is 2. The van der Waals surface area contributed by atoms with E-state index in [0.29, 0.717) is 18.7 Å². The molecule has 1 unspecified atom stereocenters. The summed E-state index contributed by atoms with van der Waals surface area (Å²) < 4.78 is 10.2. The van der Waals surface area contributed by atoms with Crippen molar-refractivity contribution in [1.82, 2.24) is 0 Å². The highest BCUT2D eigenvalue weighted by atomic mass is 16.6. The Kier molecular flexibility index (Phi) is 4.59. The van der Waals surface area contributed by atoms with Crippen LogP contribution in [0, 0.1) is 0 Å². The molecule has 0 spiro atoms. The number of esters is 1. The third kappa shape index (κ3) is 4.13. The van der Waals surface area contributed by atoms with Crippen molar-refractivity contribution in [2.24, 2.45) is 0 Å². The summed E-state index contributed by atoms with van der Waals surface area (Å²) in [5.74, 6) is -0.196. The molecular formula is C16H22N2O4. The molecule has 0 aromatic heterocycles. The van der Waals surface area contributed by atoms with E-state index < -0.39 is 11.7 Å². The average molecular weight is 306 g/mol. The zero-order chi connectivity index (χ0) is 16.3. The van der Waals surface area contributed by atoms with E-state index in [2.05, 4.69) is 5.32 Å². The molecule has 1 aromatic carbocycles. The van der Waals surface area contributed by atoms with E-state index in [9.17, 15) is 9.59 Å². The second kappa shape index (κ2) is 6.25. The fraction of sp³-hybridized carbons (Fsp3) is 0.500. The van der Waals surface area contributed by atoms with E-state index in [1.807, 2.05) is 44.9 Å². The summed E-state index contributed by atoms with van der Waals surface area (Å²) in [4.78, 5) is 25.2. The number of likely N-dealkylation sites (N-methyl/N-ethyl adjacent to an activating group) is 1. The summed E-state index contributed by atoms with van der Waals surface area (Å²) in [6.45, 7) is 5.90. The van der Waals surface area contributed by atoms with Crippen LogP contribution in [-0.2, 0) is 14.3 Å². The van der Waals surface area contributed by atoms with Crippen LogP contribution in [0.5, 0.6) is 0 Å². The Morgan fingerprint density at radius 1 is 1.32 bits per heavy atom. The second-order valence-electron chi connectivity index (χ2n) is 6.26. The molecule has 1 aliphatic heterocycles. The van der Waals surface area contributed by atoms with Gasteiger partial charge in [0.15, 0.2) is 0 Å². The Morgan fingerprint density at radius 2 is 1.95 bits per heavy atom. The summed E-state index contributed by atoms with van der Waals surface area (Å²) in [7, 11) is 1.85. The first-order valence-corrected chi connectivity index (χ1v) is 7.26. The number of ether oxygens (including phenoxy) is 2. The van der Waals surface area contributed by atoms with Crippen molar-refractivity contribution in [3.05, 3.63) is 24.3 Å². The van der Waals surface area contributed by atoms with Crippen molar-refractivity contribution < 1.29 is 19.1 Å². The van der Waals surface area contributed by atoms with Crippen molar-refractivity contribution in [1.29, 1.82) is 0 Å². The van der Waals surface area contributed by atoms with Crippen LogP contribution >= 0.6 is 0 Å². The highest BCUT2D eigenvalue weighted by Crippen LogP contribution is 2.23. The Balaban J connectivity index is 1.98. The van der Waals surface area contributed by atoms with Crippen molar-refractivity contribution in [3.63, 3.8) is 0 Å². The summed E-state index contributed by atoms with van der Waals surface area (Å²) >= 11 is 0. The zero-order valence-corrected chi connectivity index (χ0v) is 13.4. The molecule has 6 heteroatoms. The van der Waals surface area contributed by atoms with Gasteiger partial charge in [0.25, 0.3) is 0 Å². The molecule has 1 aromatic rings. The monoisotopic (exact) mass is 306 g/mol. The van der Waals surface area contributed by atoms with Crippen LogP contribution in [0.3, 0.4) is 0 Å². The number of benzene rings is 1. The van der Waals surface area contributed by atoms with E-state index in [1.165, 1.54) is 0 Å². The van der Waals surface area contributed by atoms with E-state index in [1.54, 1.807) is 12.1 Å². The number of hydrogen-bond acceptors (Lipinski definition) is 5. The zero-order valence-electron chi connectivity index (χ0n) is 13.4. The lowest BCUT2D eigenvalue weighted by Gasteiger charge is -2.24. The summed E-state index contributed by atoms with van der Waals surface area (Å²) in [6.07, 6.45) is 0.195. The SMILES string of the molecule is CN(c1ccc(NC(=O)OC(C)(C)C)cc1)C1CCOC1=O. The Hall–Kier alpha value is -2.24. The minimum atomic E-state index is -0.535. The van der Waals surface area contributed by atoms with Gasteiger partial charge in [0.1, 0.15) is 11.6 Å². The van der Waals surface area contributed by atoms with E-state index >= 15 is 0 Å². The Morgan fingerprint density at radius 3 is 2.45 bits per heavy atom. The van der Waals surface area contributed by atoms with E-state index in [4.69, 9.17) is 9.47 Å². The van der Waals surface area contributed by atoms with Gasteiger partial charge in [0, 0.05) is 24.8 Å². The molecule has 1 fully saturated rings. The summed E-state index contributed by atoms with van der Waals surface area (Å²) in [5.41, 5.74) is 0.992. The first kappa shape index (κ1) is 16.1. The third-order valence-electron chi connectivity index (χ3n) is 3.30. The smallest absolute Gasteiger partial charge is 0.412 e. The number of carbonyl (C=O) groups is 2. The number of rotatable bonds is 3. The number of cyclic esters (lactones) is 1. The molecule has 0 radical (unpaired) electrons. The molecule has 1 N–H and O–H groups in total. The maximum atomic E-state index is 11.7. The van der Waals surface area contributed by atoms with Crippen LogP contribution < -0.4 is 10.2 Å². The number of nitrogens with one attached hydrogen (secondary N) is 1. The van der Waals surface area contributed by atoms with Gasteiger partial charge in [-0.3, -0.25) is 5.32 Å². The molecule has 6 nitrogen and oxygen atoms in total. The van der Waals surface area contributed by atoms with Gasteiger partial charge in [-0.2, -0.15) is 0 Å². The van der Waals surface area contributed by atoms with Crippen molar-refractivity contribution in [2.45, 2.75) is 38.8 Å². The molecular weight excluding hydrogens is 284 g/mol. The van der Waals surface area contributed by atoms with Gasteiger partial charge in [-0.25, -0.2) is 9.59 Å². The molecule has 1 heterocycles. The lowest BCUT2D eigenvalue weighted by Crippen LogP contribution is -2.35. The molecule has 2 rings (SSSR count). The minimum absolute atomic E-state index is 0.196. The largest absolute Gasteiger partial charge is 0.464 e. The lowest BCUT2D eigenvalue weighted by molar-refractivity contribution is -0.139. The topological polar surface area (TPSA) is 67.9 Å². The van der Waals surface area contributed by atoms with Crippen molar-refractivity contribution in [2.75, 3.05) is 23.9 Å². The molecule has 1 saturated heterocycles. The summed E-state index contributed by atoms with van der Waals surface area (Å²) in [6, 6.07) is 6.99. The van der Waals surface area contributed by atoms with Crippen LogP contribution in [0.15, 0.2) is 24.3 Å². The maximum absolute atomic E-state index is 11.7. The molecule has 1 aliphatic rings. The second-order valence-corrected chi connectivity index (χ2v) is 6.26. The number of hydrogen-bond donors (Lipinski definition) is 1. The molecule has 1 amide bonds. The fourth-order valence-electron chi connectivity index (χ4n) is 2.22. The van der Waals surface area contributed by atoms with Gasteiger partial charge in [-0.05, 0) is 45.0 Å². The Bertz CT molecular complexity index is 548. The standard InChI is InChI=1S/C16H22N2O4/c1-16(2,3)22-15(20)17-11-5-7-12(8-6-11)18(4)13-9-10-21-14(13)19/h5-8,13H,9-10H2,1-4H3,(H,17,20). The van der Waals surface area contributed by atoms with Crippen molar-refractivity contribution >= 4 is 23.4 Å². The fourth-order valence-corrected chi connectivity index (χ4v) is 2.22. The van der Waals surface area contributed by atoms with Gasteiger partial charge in [-0.15, -0.1) is 0 Å². The van der Waals surface area contributed by atoms with Gasteiger partial charge < -0.3 is 14.4 Å². The number of nitrogens with zero attached hydrogens (tertiary/aromatic N) is 1. The molecule has 0 saturated carbocycles. The first-order valence-electron chi connectivity index (χ1n) is 7.26. The van der Waals surface area contributed by atoms with Crippen molar-refractivity contribution in [3.8, 4) is 0 Å². The highest BCUT2D eigenvalue weighted by molar-refractivity contribution is 5.85. The number of amides is 1. The molecule has 0 aliphatic carbocycles. The van der Waals surface area contributed by atoms with E-state index in [0.717, 1.165) is 5.69 Å². The maximum Gasteiger partial charge on any atom is 0.412 e. The van der Waals surface area contributed by atoms with Crippen LogP contribution in [-0.4, -0.2) is 37.4 Å². The van der Waals surface area contributed by atoms with E-state index in [-0.39, 0.29) is 12.0 Å². The van der Waals surface area contributed by atoms with Crippen LogP contribution in [0.2, 0.25) is 0 Å². The van der Waals surface area contributed by atoms with Gasteiger partial charge in [0.05, 0.1) is 6.61 Å². The highest BCUT2D eigenvalue weighted by Gasteiger charge is 2.30. The molecule has 120 valence electrons. The lowest BCUT2D eigenvalue weighted by atomic mass is 10.2. The minimum Gasteiger partial charge on any atom is -0.464 e. The van der Waals surface area contributed by atoms with Crippen LogP contribution in [0.1, 0.15) is 27.2 Å². The van der Waals surface area contributed by atoms with Gasteiger partial charge in [-0.1, -0.05) is 0 Å². The average Bonchev–Trinajstić information content (AvgIpc) is 2.83.